The fourth-order valence-corrected chi connectivity index (χ4v) is 2.82. The molecule has 0 unspecified atom stereocenters. The van der Waals surface area contributed by atoms with Crippen LogP contribution in [0.1, 0.15) is 23.1 Å². The number of hydrogen-bond donors (Lipinski definition) is 2. The standard InChI is InChI=1S/C19H19FN2O3/c20-16-6-8-17(9-7-16)25-12-19(24)22-21-18(23)11-13-4-5-14-2-1-3-15(14)10-13/h4-10H,1-3,11-12H2,(H,21,23)(H,22,24). The van der Waals surface area contributed by atoms with Gasteiger partial charge in [0.05, 0.1) is 6.42 Å². The summed E-state index contributed by atoms with van der Waals surface area (Å²) >= 11 is 0. The van der Waals surface area contributed by atoms with Crippen molar-refractivity contribution in [3.8, 4) is 5.75 Å². The van der Waals surface area contributed by atoms with Crippen LogP contribution in [0, 0.1) is 5.82 Å². The zero-order chi connectivity index (χ0) is 17.6. The van der Waals surface area contributed by atoms with Gasteiger partial charge in [-0.15, -0.1) is 0 Å². The van der Waals surface area contributed by atoms with Crippen LogP contribution in [0.4, 0.5) is 4.39 Å². The lowest BCUT2D eigenvalue weighted by Crippen LogP contribution is -2.44. The van der Waals surface area contributed by atoms with Crippen molar-refractivity contribution >= 4 is 11.8 Å². The molecule has 0 aliphatic heterocycles. The Labute approximate surface area is 145 Å². The Bertz CT molecular complexity index is 775. The summed E-state index contributed by atoms with van der Waals surface area (Å²) in [6, 6.07) is 11.4. The molecule has 1 aliphatic carbocycles. The molecule has 0 aromatic heterocycles. The summed E-state index contributed by atoms with van der Waals surface area (Å²) in [4.78, 5) is 23.6. The van der Waals surface area contributed by atoms with Crippen molar-refractivity contribution in [1.29, 1.82) is 0 Å². The van der Waals surface area contributed by atoms with E-state index in [1.54, 1.807) is 0 Å². The summed E-state index contributed by atoms with van der Waals surface area (Å²) in [5.41, 5.74) is 8.25. The first-order chi connectivity index (χ1) is 12.1. The number of rotatable bonds is 5. The number of nitrogens with one attached hydrogen (secondary N) is 2. The Morgan fingerprint density at radius 1 is 0.960 bits per heavy atom. The number of aryl methyl sites for hydroxylation is 2. The molecule has 2 aromatic rings. The average Bonchev–Trinajstić information content (AvgIpc) is 3.07. The monoisotopic (exact) mass is 342 g/mol. The number of hydrazine groups is 1. The summed E-state index contributed by atoms with van der Waals surface area (Å²) in [5.74, 6) is -0.795. The Morgan fingerprint density at radius 3 is 2.48 bits per heavy atom. The van der Waals surface area contributed by atoms with Crippen LogP contribution in [-0.4, -0.2) is 18.4 Å². The third-order valence-electron chi connectivity index (χ3n) is 4.05. The predicted octanol–water partition coefficient (Wildman–Crippen LogP) is 2.08. The van der Waals surface area contributed by atoms with Crippen LogP contribution in [0.15, 0.2) is 42.5 Å². The SMILES string of the molecule is O=C(COc1ccc(F)cc1)NNC(=O)Cc1ccc2c(c1)CCC2. The van der Waals surface area contributed by atoms with Gasteiger partial charge in [-0.05, 0) is 60.2 Å². The number of amides is 2. The second kappa shape index (κ2) is 7.79. The van der Waals surface area contributed by atoms with Gasteiger partial charge in [0.1, 0.15) is 11.6 Å². The molecule has 0 spiro atoms. The molecular weight excluding hydrogens is 323 g/mol. The third-order valence-corrected chi connectivity index (χ3v) is 4.05. The Kier molecular flexibility index (Phi) is 5.28. The second-order valence-electron chi connectivity index (χ2n) is 5.97. The van der Waals surface area contributed by atoms with Crippen LogP contribution in [-0.2, 0) is 28.9 Å². The minimum atomic E-state index is -0.494. The topological polar surface area (TPSA) is 67.4 Å². The Hall–Kier alpha value is -2.89. The highest BCUT2D eigenvalue weighted by molar-refractivity contribution is 5.83. The highest BCUT2D eigenvalue weighted by Crippen LogP contribution is 2.22. The fourth-order valence-electron chi connectivity index (χ4n) is 2.82. The number of hydrogen-bond acceptors (Lipinski definition) is 3. The van der Waals surface area contributed by atoms with Gasteiger partial charge in [0, 0.05) is 0 Å². The van der Waals surface area contributed by atoms with Crippen molar-refractivity contribution in [3.63, 3.8) is 0 Å². The maximum Gasteiger partial charge on any atom is 0.276 e. The maximum absolute atomic E-state index is 12.8. The lowest BCUT2D eigenvalue weighted by atomic mass is 10.0. The van der Waals surface area contributed by atoms with Crippen molar-refractivity contribution in [1.82, 2.24) is 10.9 Å². The van der Waals surface area contributed by atoms with Gasteiger partial charge in [0.15, 0.2) is 6.61 Å². The molecule has 1 aliphatic rings. The Balaban J connectivity index is 1.41. The van der Waals surface area contributed by atoms with Crippen LogP contribution in [0.2, 0.25) is 0 Å². The van der Waals surface area contributed by atoms with Crippen LogP contribution in [0.25, 0.3) is 0 Å². The van der Waals surface area contributed by atoms with E-state index in [4.69, 9.17) is 4.74 Å². The fraction of sp³-hybridized carbons (Fsp3) is 0.263. The van der Waals surface area contributed by atoms with Crippen LogP contribution in [0.5, 0.6) is 5.75 Å². The summed E-state index contributed by atoms with van der Waals surface area (Å²) in [6.07, 6.45) is 3.52. The van der Waals surface area contributed by atoms with Crippen molar-refractivity contribution in [2.24, 2.45) is 0 Å². The van der Waals surface area contributed by atoms with E-state index in [1.807, 2.05) is 6.07 Å². The number of carbonyl (C=O) groups excluding carboxylic acids is 2. The smallest absolute Gasteiger partial charge is 0.276 e. The van der Waals surface area contributed by atoms with Gasteiger partial charge in [-0.1, -0.05) is 18.2 Å². The molecule has 0 bridgehead atoms. The molecule has 25 heavy (non-hydrogen) atoms. The summed E-state index contributed by atoms with van der Waals surface area (Å²) < 4.78 is 18.0. The van der Waals surface area contributed by atoms with Crippen molar-refractivity contribution < 1.29 is 18.7 Å². The van der Waals surface area contributed by atoms with Gasteiger partial charge >= 0.3 is 0 Å². The quantitative estimate of drug-likeness (QED) is 0.818. The largest absolute Gasteiger partial charge is 0.484 e. The van der Waals surface area contributed by atoms with E-state index in [2.05, 4.69) is 23.0 Å². The van der Waals surface area contributed by atoms with E-state index in [-0.39, 0.29) is 24.8 Å². The molecule has 2 amide bonds. The highest BCUT2D eigenvalue weighted by Gasteiger charge is 2.12. The first-order valence-electron chi connectivity index (χ1n) is 8.17. The molecule has 6 heteroatoms. The van der Waals surface area contributed by atoms with Crippen molar-refractivity contribution in [3.05, 3.63) is 65.0 Å². The number of halogens is 1. The molecule has 3 rings (SSSR count). The van der Waals surface area contributed by atoms with Gasteiger partial charge in [-0.2, -0.15) is 0 Å². The second-order valence-corrected chi connectivity index (χ2v) is 5.97. The van der Waals surface area contributed by atoms with Crippen LogP contribution in [0.3, 0.4) is 0 Å². The number of fused-ring (bicyclic) bond motifs is 1. The molecule has 0 fully saturated rings. The first-order valence-corrected chi connectivity index (χ1v) is 8.17. The van der Waals surface area contributed by atoms with E-state index in [0.29, 0.717) is 5.75 Å². The molecule has 0 saturated carbocycles. The van der Waals surface area contributed by atoms with Gasteiger partial charge in [0.25, 0.3) is 5.91 Å². The normalized spacial score (nSPS) is 12.4. The van der Waals surface area contributed by atoms with E-state index in [1.165, 1.54) is 35.4 Å². The molecule has 2 N–H and O–H groups in total. The van der Waals surface area contributed by atoms with Gasteiger partial charge in [0.2, 0.25) is 5.91 Å². The number of benzene rings is 2. The number of ether oxygens (including phenoxy) is 1. The van der Waals surface area contributed by atoms with Gasteiger partial charge in [-0.25, -0.2) is 4.39 Å². The molecule has 130 valence electrons. The van der Waals surface area contributed by atoms with E-state index in [0.717, 1.165) is 24.8 Å². The lowest BCUT2D eigenvalue weighted by molar-refractivity contribution is -0.129. The third kappa shape index (κ3) is 4.79. The van der Waals surface area contributed by atoms with Crippen LogP contribution < -0.4 is 15.6 Å². The predicted molar refractivity (Wildman–Crippen MR) is 90.4 cm³/mol. The van der Waals surface area contributed by atoms with E-state index < -0.39 is 5.91 Å². The lowest BCUT2D eigenvalue weighted by Gasteiger charge is -2.09. The molecular formula is C19H19FN2O3. The zero-order valence-corrected chi connectivity index (χ0v) is 13.7. The van der Waals surface area contributed by atoms with Gasteiger partial charge < -0.3 is 4.74 Å². The molecule has 0 saturated heterocycles. The summed E-state index contributed by atoms with van der Waals surface area (Å²) in [6.45, 7) is -0.273. The minimum absolute atomic E-state index is 0.201. The highest BCUT2D eigenvalue weighted by atomic mass is 19.1. The molecule has 0 radical (unpaired) electrons. The molecule has 2 aromatic carbocycles. The zero-order valence-electron chi connectivity index (χ0n) is 13.7. The molecule has 5 nitrogen and oxygen atoms in total. The van der Waals surface area contributed by atoms with Crippen molar-refractivity contribution in [2.45, 2.75) is 25.7 Å². The molecule has 0 heterocycles. The van der Waals surface area contributed by atoms with Crippen LogP contribution >= 0.6 is 0 Å². The van der Waals surface area contributed by atoms with E-state index in [9.17, 15) is 14.0 Å². The molecule has 0 atom stereocenters. The summed E-state index contributed by atoms with van der Waals surface area (Å²) in [5, 5.41) is 0. The average molecular weight is 342 g/mol. The maximum atomic E-state index is 12.8. The van der Waals surface area contributed by atoms with Crippen molar-refractivity contribution in [2.75, 3.05) is 6.61 Å². The summed E-state index contributed by atoms with van der Waals surface area (Å²) in [7, 11) is 0. The van der Waals surface area contributed by atoms with Gasteiger partial charge in [-0.3, -0.25) is 20.4 Å². The Morgan fingerprint density at radius 2 is 1.68 bits per heavy atom. The minimum Gasteiger partial charge on any atom is -0.484 e. The first kappa shape index (κ1) is 17.0. The van der Waals surface area contributed by atoms with E-state index >= 15 is 0 Å². The number of carbonyl (C=O) groups is 2.